The van der Waals surface area contributed by atoms with E-state index in [1.807, 2.05) is 26.1 Å². The highest BCUT2D eigenvalue weighted by Crippen LogP contribution is 2.52. The first-order valence-corrected chi connectivity index (χ1v) is 12.9. The fourth-order valence-corrected chi connectivity index (χ4v) is 5.78. The maximum atomic E-state index is 13.4. The average molecular weight is 466 g/mol. The van der Waals surface area contributed by atoms with Gasteiger partial charge in [0.2, 0.25) is 11.8 Å². The van der Waals surface area contributed by atoms with Crippen LogP contribution in [0.3, 0.4) is 0 Å². The van der Waals surface area contributed by atoms with Crippen LogP contribution in [0.1, 0.15) is 61.8 Å². The third-order valence-corrected chi connectivity index (χ3v) is 8.17. The third-order valence-electron chi connectivity index (χ3n) is 6.78. The quantitative estimate of drug-likeness (QED) is 0.563. The number of carbonyl (C=O) groups excluding carboxylic acids is 1. The fourth-order valence-electron chi connectivity index (χ4n) is 4.51. The van der Waals surface area contributed by atoms with E-state index in [-0.39, 0.29) is 4.90 Å². The van der Waals surface area contributed by atoms with Crippen LogP contribution in [-0.2, 0) is 20.2 Å². The molecule has 2 heterocycles. The minimum atomic E-state index is -4.10. The summed E-state index contributed by atoms with van der Waals surface area (Å²) in [5.41, 5.74) is 2.21. The number of nitrogens with one attached hydrogen (secondary N) is 1. The first-order valence-electron chi connectivity index (χ1n) is 11.4. The van der Waals surface area contributed by atoms with Crippen molar-refractivity contribution in [2.45, 2.75) is 62.2 Å². The van der Waals surface area contributed by atoms with Crippen molar-refractivity contribution in [1.82, 2.24) is 14.7 Å². The van der Waals surface area contributed by atoms with E-state index in [0.29, 0.717) is 47.7 Å². The highest BCUT2D eigenvalue weighted by Gasteiger charge is 2.54. The molecule has 33 heavy (non-hydrogen) atoms. The van der Waals surface area contributed by atoms with Gasteiger partial charge in [-0.3, -0.25) is 9.78 Å². The monoisotopic (exact) mass is 465 g/mol. The van der Waals surface area contributed by atoms with Crippen LogP contribution < -0.4 is 9.46 Å². The van der Waals surface area contributed by atoms with Crippen molar-refractivity contribution in [3.8, 4) is 5.88 Å². The molecule has 1 amide bonds. The summed E-state index contributed by atoms with van der Waals surface area (Å²) in [7, 11) is -4.10. The summed E-state index contributed by atoms with van der Waals surface area (Å²) in [6, 6.07) is 10.4. The Kier molecular flexibility index (Phi) is 5.35. The van der Waals surface area contributed by atoms with Gasteiger partial charge in [-0.15, -0.1) is 0 Å². The molecule has 2 aromatic heterocycles. The molecule has 2 aliphatic rings. The molecule has 172 valence electrons. The molecule has 1 aromatic carbocycles. The number of amides is 1. The lowest BCUT2D eigenvalue weighted by Crippen LogP contribution is -2.39. The van der Waals surface area contributed by atoms with Crippen LogP contribution in [0.5, 0.6) is 5.88 Å². The number of sulfonamides is 1. The van der Waals surface area contributed by atoms with Crippen molar-refractivity contribution in [3.63, 3.8) is 0 Å². The van der Waals surface area contributed by atoms with E-state index in [2.05, 4.69) is 14.7 Å². The van der Waals surface area contributed by atoms with Gasteiger partial charge in [-0.25, -0.2) is 18.1 Å². The van der Waals surface area contributed by atoms with Gasteiger partial charge < -0.3 is 4.74 Å². The molecule has 7 nitrogen and oxygen atoms in total. The molecule has 0 bridgehead atoms. The lowest BCUT2D eigenvalue weighted by molar-refractivity contribution is -0.121. The number of aryl methyl sites for hydroxylation is 1. The standard InChI is InChI=1S/C25H27N3O4S/c1-3-32-23-20(14-18(15-26-23)17-6-4-7-17)25(12-13-25)24(29)28-33(30,31)22-9-5-8-21-19(22)11-10-16(2)27-21/h5,8-11,14-15,17H,3-4,6-7,12-13H2,1-2H3,(H,28,29). The van der Waals surface area contributed by atoms with E-state index in [1.54, 1.807) is 24.3 Å². The fraction of sp³-hybridized carbons (Fsp3) is 0.400. The van der Waals surface area contributed by atoms with Crippen LogP contribution in [0.15, 0.2) is 47.5 Å². The van der Waals surface area contributed by atoms with Gasteiger partial charge in [-0.2, -0.15) is 0 Å². The number of hydrogen-bond donors (Lipinski definition) is 1. The van der Waals surface area contributed by atoms with E-state index in [9.17, 15) is 13.2 Å². The molecular formula is C25H27N3O4S. The van der Waals surface area contributed by atoms with E-state index in [4.69, 9.17) is 4.74 Å². The van der Waals surface area contributed by atoms with Crippen LogP contribution in [0, 0.1) is 6.92 Å². The molecule has 0 aliphatic heterocycles. The number of aromatic nitrogens is 2. The average Bonchev–Trinajstić information content (AvgIpc) is 3.55. The molecule has 3 aromatic rings. The molecule has 0 spiro atoms. The van der Waals surface area contributed by atoms with Crippen molar-refractivity contribution in [2.75, 3.05) is 6.61 Å². The van der Waals surface area contributed by atoms with Crippen molar-refractivity contribution in [2.24, 2.45) is 0 Å². The first-order chi connectivity index (χ1) is 15.8. The summed E-state index contributed by atoms with van der Waals surface area (Å²) >= 11 is 0. The van der Waals surface area contributed by atoms with Crippen LogP contribution in [0.2, 0.25) is 0 Å². The Hall–Kier alpha value is -3.00. The predicted octanol–water partition coefficient (Wildman–Crippen LogP) is 4.14. The number of benzene rings is 1. The molecule has 5 rings (SSSR count). The Balaban J connectivity index is 1.49. The lowest BCUT2D eigenvalue weighted by Gasteiger charge is -2.27. The van der Waals surface area contributed by atoms with Gasteiger partial charge in [-0.1, -0.05) is 12.5 Å². The summed E-state index contributed by atoms with van der Waals surface area (Å²) in [6.45, 7) is 4.13. The Morgan fingerprint density at radius 1 is 1.21 bits per heavy atom. The molecule has 0 radical (unpaired) electrons. The van der Waals surface area contributed by atoms with Gasteiger partial charge in [0, 0.05) is 22.8 Å². The van der Waals surface area contributed by atoms with Crippen molar-refractivity contribution >= 4 is 26.8 Å². The Labute approximate surface area is 193 Å². The van der Waals surface area contributed by atoms with Crippen LogP contribution >= 0.6 is 0 Å². The normalized spacial score (nSPS) is 17.4. The summed E-state index contributed by atoms with van der Waals surface area (Å²) in [4.78, 5) is 22.4. The van der Waals surface area contributed by atoms with E-state index in [0.717, 1.165) is 24.1 Å². The minimum absolute atomic E-state index is 0.0445. The summed E-state index contributed by atoms with van der Waals surface area (Å²) in [5.74, 6) is 0.324. The number of carbonyl (C=O) groups is 1. The molecular weight excluding hydrogens is 438 g/mol. The zero-order valence-electron chi connectivity index (χ0n) is 18.8. The lowest BCUT2D eigenvalue weighted by atomic mass is 9.79. The second-order valence-electron chi connectivity index (χ2n) is 8.97. The predicted molar refractivity (Wildman–Crippen MR) is 125 cm³/mol. The smallest absolute Gasteiger partial charge is 0.264 e. The van der Waals surface area contributed by atoms with E-state index < -0.39 is 21.3 Å². The van der Waals surface area contributed by atoms with Gasteiger partial charge in [-0.05, 0) is 81.3 Å². The number of nitrogens with zero attached hydrogens (tertiary/aromatic N) is 2. The van der Waals surface area contributed by atoms with Crippen molar-refractivity contribution in [1.29, 1.82) is 0 Å². The maximum Gasteiger partial charge on any atom is 0.264 e. The highest BCUT2D eigenvalue weighted by molar-refractivity contribution is 7.90. The molecule has 0 atom stereocenters. The maximum absolute atomic E-state index is 13.4. The Bertz CT molecular complexity index is 1350. The summed E-state index contributed by atoms with van der Waals surface area (Å²) in [6.07, 6.45) is 6.35. The second kappa shape index (κ2) is 8.09. The molecule has 0 saturated heterocycles. The Morgan fingerprint density at radius 2 is 2.00 bits per heavy atom. The Morgan fingerprint density at radius 3 is 2.67 bits per heavy atom. The molecule has 1 N–H and O–H groups in total. The number of fused-ring (bicyclic) bond motifs is 1. The molecule has 2 saturated carbocycles. The summed E-state index contributed by atoms with van der Waals surface area (Å²) < 4.78 is 34.6. The number of ether oxygens (including phenoxy) is 1. The zero-order valence-corrected chi connectivity index (χ0v) is 19.6. The van der Waals surface area contributed by atoms with Gasteiger partial charge in [0.1, 0.15) is 0 Å². The van der Waals surface area contributed by atoms with Crippen LogP contribution in [-0.4, -0.2) is 30.9 Å². The SMILES string of the molecule is CCOc1ncc(C2CCC2)cc1C1(C(=O)NS(=O)(=O)c2cccc3nc(C)ccc23)CC1. The van der Waals surface area contributed by atoms with Gasteiger partial charge in [0.25, 0.3) is 10.0 Å². The third kappa shape index (κ3) is 3.86. The van der Waals surface area contributed by atoms with E-state index in [1.165, 1.54) is 12.5 Å². The highest BCUT2D eigenvalue weighted by atomic mass is 32.2. The van der Waals surface area contributed by atoms with Gasteiger partial charge >= 0.3 is 0 Å². The largest absolute Gasteiger partial charge is 0.478 e. The van der Waals surface area contributed by atoms with Crippen molar-refractivity contribution < 1.29 is 17.9 Å². The summed E-state index contributed by atoms with van der Waals surface area (Å²) in [5, 5.41) is 0.483. The van der Waals surface area contributed by atoms with Crippen LogP contribution in [0.4, 0.5) is 0 Å². The topological polar surface area (TPSA) is 98.2 Å². The first kappa shape index (κ1) is 21.8. The van der Waals surface area contributed by atoms with Gasteiger partial charge in [0.05, 0.1) is 22.4 Å². The molecule has 8 heteroatoms. The number of rotatable bonds is 7. The molecule has 2 aliphatic carbocycles. The second-order valence-corrected chi connectivity index (χ2v) is 10.6. The molecule has 0 unspecified atom stereocenters. The van der Waals surface area contributed by atoms with Crippen molar-refractivity contribution in [3.05, 3.63) is 59.4 Å². The van der Waals surface area contributed by atoms with Crippen LogP contribution in [0.25, 0.3) is 10.9 Å². The van der Waals surface area contributed by atoms with E-state index >= 15 is 0 Å². The van der Waals surface area contributed by atoms with Gasteiger partial charge in [0.15, 0.2) is 0 Å². The molecule has 2 fully saturated rings. The minimum Gasteiger partial charge on any atom is -0.478 e. The number of pyridine rings is 2. The number of hydrogen-bond acceptors (Lipinski definition) is 6. The zero-order chi connectivity index (χ0) is 23.2.